The second-order valence-electron chi connectivity index (χ2n) is 12.5. The molecule has 0 aliphatic rings. The lowest BCUT2D eigenvalue weighted by Crippen LogP contribution is -1.96. The largest absolute Gasteiger partial charge is 0.316 e. The van der Waals surface area contributed by atoms with E-state index in [4.69, 9.17) is 0 Å². The summed E-state index contributed by atoms with van der Waals surface area (Å²) >= 11 is 0. The summed E-state index contributed by atoms with van der Waals surface area (Å²) in [6.07, 6.45) is 2.20. The monoisotopic (exact) mass is 610 g/mol. The standard InChI is InChI=1S/C46H30N2/c1-3-14-31(15-4-1)43-36-20-7-9-22-38(36)44(39-23-10-8-21-37(39)43)33-16-13-19-35(30-33)48-41-25-12-11-24-40(41)45-42(48)27-26-32-28-29-47(46(32)45)34-17-5-2-6-18-34/h1-30H. The second kappa shape index (κ2) is 10.6. The van der Waals surface area contributed by atoms with Gasteiger partial charge in [0.2, 0.25) is 0 Å². The van der Waals surface area contributed by atoms with Crippen LogP contribution in [0, 0.1) is 0 Å². The maximum absolute atomic E-state index is 2.44. The van der Waals surface area contributed by atoms with Gasteiger partial charge >= 0.3 is 0 Å². The van der Waals surface area contributed by atoms with Crippen LogP contribution in [0.1, 0.15) is 0 Å². The van der Waals surface area contributed by atoms with Crippen molar-refractivity contribution in [3.63, 3.8) is 0 Å². The van der Waals surface area contributed by atoms with Crippen LogP contribution in [-0.4, -0.2) is 9.13 Å². The normalized spacial score (nSPS) is 11.8. The molecular formula is C46H30N2. The van der Waals surface area contributed by atoms with Crippen molar-refractivity contribution in [2.24, 2.45) is 0 Å². The molecule has 2 nitrogen and oxygen atoms in total. The van der Waals surface area contributed by atoms with Crippen LogP contribution in [0.2, 0.25) is 0 Å². The highest BCUT2D eigenvalue weighted by molar-refractivity contribution is 6.22. The Morgan fingerprint density at radius 1 is 0.354 bits per heavy atom. The van der Waals surface area contributed by atoms with E-state index < -0.39 is 0 Å². The Bertz CT molecular complexity index is 2760. The molecule has 10 aromatic rings. The molecule has 0 amide bonds. The predicted molar refractivity (Wildman–Crippen MR) is 203 cm³/mol. The molecule has 0 radical (unpaired) electrons. The van der Waals surface area contributed by atoms with Crippen molar-refractivity contribution < 1.29 is 0 Å². The first-order chi connectivity index (χ1) is 23.8. The van der Waals surface area contributed by atoms with Gasteiger partial charge in [-0.2, -0.15) is 0 Å². The van der Waals surface area contributed by atoms with Crippen molar-refractivity contribution in [3.05, 3.63) is 182 Å². The third-order valence-corrected chi connectivity index (χ3v) is 9.91. The van der Waals surface area contributed by atoms with Gasteiger partial charge in [0.25, 0.3) is 0 Å². The number of hydrogen-bond acceptors (Lipinski definition) is 0. The predicted octanol–water partition coefficient (Wildman–Crippen LogP) is 12.4. The van der Waals surface area contributed by atoms with Gasteiger partial charge in [-0.25, -0.2) is 0 Å². The lowest BCUT2D eigenvalue weighted by molar-refractivity contribution is 1.13. The van der Waals surface area contributed by atoms with E-state index in [0.717, 1.165) is 11.4 Å². The van der Waals surface area contributed by atoms with Crippen LogP contribution < -0.4 is 0 Å². The molecule has 0 fully saturated rings. The van der Waals surface area contributed by atoms with Crippen LogP contribution >= 0.6 is 0 Å². The molecule has 0 saturated carbocycles. The quantitative estimate of drug-likeness (QED) is 0.175. The van der Waals surface area contributed by atoms with E-state index in [-0.39, 0.29) is 0 Å². The molecule has 0 unspecified atom stereocenters. The Morgan fingerprint density at radius 2 is 0.896 bits per heavy atom. The van der Waals surface area contributed by atoms with Crippen LogP contribution in [0.15, 0.2) is 182 Å². The van der Waals surface area contributed by atoms with E-state index in [1.54, 1.807) is 0 Å². The zero-order valence-corrected chi connectivity index (χ0v) is 26.2. The highest BCUT2D eigenvalue weighted by Gasteiger charge is 2.20. The zero-order chi connectivity index (χ0) is 31.6. The molecule has 10 rings (SSSR count). The topological polar surface area (TPSA) is 9.86 Å². The minimum absolute atomic E-state index is 1.15. The molecule has 2 aromatic heterocycles. The Balaban J connectivity index is 1.26. The molecule has 0 N–H and O–H groups in total. The number of benzene rings is 8. The van der Waals surface area contributed by atoms with E-state index in [1.807, 2.05) is 0 Å². The van der Waals surface area contributed by atoms with Gasteiger partial charge in [-0.15, -0.1) is 0 Å². The van der Waals surface area contributed by atoms with Crippen LogP contribution in [0.3, 0.4) is 0 Å². The SMILES string of the molecule is c1ccc(-c2c3ccccc3c(-c3cccc(-n4c5ccccc5c5c6c(ccc54)ccn6-c4ccccc4)c3)c3ccccc23)cc1. The van der Waals surface area contributed by atoms with Gasteiger partial charge in [0, 0.05) is 33.7 Å². The summed E-state index contributed by atoms with van der Waals surface area (Å²) in [5.41, 5.74) is 10.9. The number of rotatable bonds is 4. The Kier molecular flexibility index (Phi) is 5.91. The molecule has 0 aliphatic heterocycles. The lowest BCUT2D eigenvalue weighted by Gasteiger charge is -2.18. The molecule has 0 atom stereocenters. The minimum Gasteiger partial charge on any atom is -0.316 e. The highest BCUT2D eigenvalue weighted by Crippen LogP contribution is 2.44. The summed E-state index contributed by atoms with van der Waals surface area (Å²) in [5.74, 6) is 0. The van der Waals surface area contributed by atoms with Crippen molar-refractivity contribution >= 4 is 54.3 Å². The van der Waals surface area contributed by atoms with Gasteiger partial charge in [0.1, 0.15) is 0 Å². The molecule has 48 heavy (non-hydrogen) atoms. The van der Waals surface area contributed by atoms with E-state index >= 15 is 0 Å². The average Bonchev–Trinajstić information content (AvgIpc) is 3.74. The van der Waals surface area contributed by atoms with Crippen LogP contribution in [0.4, 0.5) is 0 Å². The fourth-order valence-electron chi connectivity index (χ4n) is 7.92. The summed E-state index contributed by atoms with van der Waals surface area (Å²) in [7, 11) is 0. The molecule has 0 saturated heterocycles. The van der Waals surface area contributed by atoms with Crippen molar-refractivity contribution in [3.8, 4) is 33.6 Å². The maximum Gasteiger partial charge on any atom is 0.0628 e. The molecule has 0 bridgehead atoms. The third kappa shape index (κ3) is 3.93. The Morgan fingerprint density at radius 3 is 1.58 bits per heavy atom. The van der Waals surface area contributed by atoms with Crippen molar-refractivity contribution in [2.75, 3.05) is 0 Å². The molecule has 2 heteroatoms. The fourth-order valence-corrected chi connectivity index (χ4v) is 7.92. The van der Waals surface area contributed by atoms with Gasteiger partial charge in [0.05, 0.1) is 16.6 Å². The first-order valence-electron chi connectivity index (χ1n) is 16.5. The Hall–Kier alpha value is -6.38. The zero-order valence-electron chi connectivity index (χ0n) is 26.2. The summed E-state index contributed by atoms with van der Waals surface area (Å²) < 4.78 is 4.77. The number of para-hydroxylation sites is 2. The highest BCUT2D eigenvalue weighted by atomic mass is 15.0. The molecule has 0 aliphatic carbocycles. The summed E-state index contributed by atoms with van der Waals surface area (Å²) in [6, 6.07) is 63.9. The van der Waals surface area contributed by atoms with Crippen molar-refractivity contribution in [1.29, 1.82) is 0 Å². The van der Waals surface area contributed by atoms with Gasteiger partial charge in [-0.05, 0) is 86.3 Å². The average molecular weight is 611 g/mol. The first kappa shape index (κ1) is 26.8. The van der Waals surface area contributed by atoms with Crippen molar-refractivity contribution in [1.82, 2.24) is 9.13 Å². The van der Waals surface area contributed by atoms with Gasteiger partial charge in [-0.3, -0.25) is 0 Å². The second-order valence-corrected chi connectivity index (χ2v) is 12.5. The van der Waals surface area contributed by atoms with Gasteiger partial charge in [0.15, 0.2) is 0 Å². The van der Waals surface area contributed by atoms with E-state index in [2.05, 4.69) is 191 Å². The summed E-state index contributed by atoms with van der Waals surface area (Å²) in [5, 5.41) is 8.81. The Labute approximate surface area is 278 Å². The lowest BCUT2D eigenvalue weighted by atomic mass is 9.86. The van der Waals surface area contributed by atoms with Crippen molar-refractivity contribution in [2.45, 2.75) is 0 Å². The van der Waals surface area contributed by atoms with E-state index in [1.165, 1.54) is 76.5 Å². The number of nitrogens with zero attached hydrogens (tertiary/aromatic N) is 2. The third-order valence-electron chi connectivity index (χ3n) is 9.91. The van der Waals surface area contributed by atoms with Crippen LogP contribution in [0.5, 0.6) is 0 Å². The molecular weight excluding hydrogens is 581 g/mol. The number of aromatic nitrogens is 2. The molecule has 224 valence electrons. The molecule has 8 aromatic carbocycles. The van der Waals surface area contributed by atoms with Crippen LogP contribution in [-0.2, 0) is 0 Å². The molecule has 0 spiro atoms. The number of fused-ring (bicyclic) bond motifs is 7. The van der Waals surface area contributed by atoms with Gasteiger partial charge < -0.3 is 9.13 Å². The van der Waals surface area contributed by atoms with E-state index in [0.29, 0.717) is 0 Å². The smallest absolute Gasteiger partial charge is 0.0628 e. The van der Waals surface area contributed by atoms with Crippen LogP contribution in [0.25, 0.3) is 87.9 Å². The summed E-state index contributed by atoms with van der Waals surface area (Å²) in [6.45, 7) is 0. The fraction of sp³-hybridized carbons (Fsp3) is 0. The summed E-state index contributed by atoms with van der Waals surface area (Å²) in [4.78, 5) is 0. The van der Waals surface area contributed by atoms with E-state index in [9.17, 15) is 0 Å². The van der Waals surface area contributed by atoms with Gasteiger partial charge in [-0.1, -0.05) is 133 Å². The first-order valence-corrected chi connectivity index (χ1v) is 16.5. The maximum atomic E-state index is 2.44. The minimum atomic E-state index is 1.15. The number of hydrogen-bond donors (Lipinski definition) is 0. The molecule has 2 heterocycles.